The van der Waals surface area contributed by atoms with Gasteiger partial charge in [-0.05, 0) is 50.3 Å². The lowest BCUT2D eigenvalue weighted by molar-refractivity contribution is -0.0979. The molecule has 3 atom stereocenters. The summed E-state index contributed by atoms with van der Waals surface area (Å²) < 4.78 is 2.21. The number of aliphatic hydroxyl groups excluding tert-OH is 1. The Bertz CT molecular complexity index is 902. The van der Waals surface area contributed by atoms with E-state index in [4.69, 9.17) is 9.90 Å². The van der Waals surface area contributed by atoms with Crippen molar-refractivity contribution in [3.8, 4) is 0 Å². The summed E-state index contributed by atoms with van der Waals surface area (Å²) in [6, 6.07) is 2.07. The molecule has 1 saturated carbocycles. The van der Waals surface area contributed by atoms with Gasteiger partial charge in [-0.2, -0.15) is 0 Å². The molecule has 1 aliphatic carbocycles. The summed E-state index contributed by atoms with van der Waals surface area (Å²) in [5.74, 6) is 3.05. The Labute approximate surface area is 185 Å². The number of nitrogens with zero attached hydrogens (tertiary/aromatic N) is 5. The van der Waals surface area contributed by atoms with E-state index in [0.29, 0.717) is 18.4 Å². The fraction of sp³-hybridized carbons (Fsp3) is 0.652. The molecule has 0 aliphatic heterocycles. The number of carbonyl (C=O) groups is 1. The number of aliphatic hydroxyl groups is 1. The molecular weight excluding hydrogens is 392 g/mol. The van der Waals surface area contributed by atoms with Crippen LogP contribution in [0, 0.1) is 11.8 Å². The molecule has 0 bridgehead atoms. The molecule has 0 aromatic carbocycles. The molecule has 31 heavy (non-hydrogen) atoms. The van der Waals surface area contributed by atoms with Gasteiger partial charge in [-0.1, -0.05) is 34.1 Å². The van der Waals surface area contributed by atoms with E-state index >= 15 is 0 Å². The van der Waals surface area contributed by atoms with Crippen LogP contribution in [-0.4, -0.2) is 67.6 Å². The predicted octanol–water partition coefficient (Wildman–Crippen LogP) is 3.67. The van der Waals surface area contributed by atoms with E-state index in [2.05, 4.69) is 56.3 Å². The second-order valence-corrected chi connectivity index (χ2v) is 8.04. The lowest BCUT2D eigenvalue weighted by Gasteiger charge is -2.22. The number of aromatic nitrogens is 5. The maximum Gasteiger partial charge on any atom is 0.179 e. The highest BCUT2D eigenvalue weighted by Gasteiger charge is 2.37. The van der Waals surface area contributed by atoms with Gasteiger partial charge in [0.1, 0.15) is 12.6 Å². The van der Waals surface area contributed by atoms with Gasteiger partial charge in [0.05, 0.1) is 11.7 Å². The van der Waals surface area contributed by atoms with Gasteiger partial charge in [0, 0.05) is 25.3 Å². The Morgan fingerprint density at radius 1 is 1.19 bits per heavy atom. The Morgan fingerprint density at radius 2 is 1.90 bits per heavy atom. The highest BCUT2D eigenvalue weighted by Crippen LogP contribution is 2.44. The Morgan fingerprint density at radius 3 is 2.52 bits per heavy atom. The molecule has 3 aromatic rings. The molecule has 3 aromatic heterocycles. The molecular formula is C23H38N6O2. The number of nitrogens with one attached hydrogen (secondary N) is 1. The Hall–Kier alpha value is -2.32. The van der Waals surface area contributed by atoms with Crippen LogP contribution in [0.25, 0.3) is 16.8 Å². The fourth-order valence-electron chi connectivity index (χ4n) is 4.64. The number of hydrogen-bond acceptors (Lipinski definition) is 6. The zero-order valence-corrected chi connectivity index (χ0v) is 19.4. The van der Waals surface area contributed by atoms with Crippen molar-refractivity contribution in [2.24, 2.45) is 11.8 Å². The SMILES string of the molecule is C=O.CCC1CC(CN(CC)CC)CC1c1nnc2cnc3[nH]ccc3n12.CCCO. The number of aromatic amines is 1. The molecule has 8 heteroatoms. The third-order valence-corrected chi connectivity index (χ3v) is 6.25. The molecule has 3 heterocycles. The van der Waals surface area contributed by atoms with Crippen LogP contribution >= 0.6 is 0 Å². The topological polar surface area (TPSA) is 99.4 Å². The summed E-state index contributed by atoms with van der Waals surface area (Å²) in [7, 11) is 0. The van der Waals surface area contributed by atoms with Crippen LogP contribution in [-0.2, 0) is 4.79 Å². The monoisotopic (exact) mass is 430 g/mol. The molecule has 0 amide bonds. The predicted molar refractivity (Wildman–Crippen MR) is 124 cm³/mol. The van der Waals surface area contributed by atoms with E-state index in [-0.39, 0.29) is 0 Å². The molecule has 2 N–H and O–H groups in total. The summed E-state index contributed by atoms with van der Waals surface area (Å²) in [6.07, 6.45) is 8.35. The van der Waals surface area contributed by atoms with Crippen molar-refractivity contribution in [3.63, 3.8) is 0 Å². The van der Waals surface area contributed by atoms with Crippen molar-refractivity contribution in [2.75, 3.05) is 26.2 Å². The zero-order chi connectivity index (χ0) is 22.8. The molecule has 0 radical (unpaired) electrons. The van der Waals surface area contributed by atoms with Crippen LogP contribution in [0.2, 0.25) is 0 Å². The largest absolute Gasteiger partial charge is 0.396 e. The minimum Gasteiger partial charge on any atom is -0.396 e. The van der Waals surface area contributed by atoms with E-state index in [1.807, 2.05) is 26.1 Å². The summed E-state index contributed by atoms with van der Waals surface area (Å²) in [5, 5.41) is 16.9. The highest BCUT2D eigenvalue weighted by atomic mass is 16.2. The standard InChI is InChI=1S/C19H28N6.C3H8O.CH2O/c1-4-14-9-13(12-24(5-2)6-3)10-15(14)19-23-22-17-11-21-18-16(25(17)19)7-8-20-18;1-2-3-4;1-2/h7-8,11,13-15,20H,4-6,9-10,12H2,1-3H3;4H,2-3H2,1H3;1H2. The van der Waals surface area contributed by atoms with Crippen LogP contribution in [0.1, 0.15) is 65.1 Å². The van der Waals surface area contributed by atoms with Gasteiger partial charge >= 0.3 is 0 Å². The molecule has 1 aliphatic rings. The minimum atomic E-state index is 0.319. The van der Waals surface area contributed by atoms with Crippen LogP contribution in [0.15, 0.2) is 18.5 Å². The van der Waals surface area contributed by atoms with Crippen LogP contribution < -0.4 is 0 Å². The second-order valence-electron chi connectivity index (χ2n) is 8.04. The van der Waals surface area contributed by atoms with Crippen molar-refractivity contribution < 1.29 is 9.90 Å². The summed E-state index contributed by atoms with van der Waals surface area (Å²) >= 11 is 0. The van der Waals surface area contributed by atoms with Crippen LogP contribution in [0.3, 0.4) is 0 Å². The molecule has 172 valence electrons. The minimum absolute atomic E-state index is 0.319. The van der Waals surface area contributed by atoms with Gasteiger partial charge in [-0.25, -0.2) is 4.98 Å². The molecule has 4 rings (SSSR count). The first-order valence-corrected chi connectivity index (χ1v) is 11.5. The van der Waals surface area contributed by atoms with Gasteiger partial charge in [0.25, 0.3) is 0 Å². The lowest BCUT2D eigenvalue weighted by Crippen LogP contribution is -2.28. The molecule has 1 fully saturated rings. The number of carbonyl (C=O) groups excluding carboxylic acids is 1. The summed E-state index contributed by atoms with van der Waals surface area (Å²) in [6.45, 7) is 14.6. The maximum absolute atomic E-state index is 8.00. The van der Waals surface area contributed by atoms with Gasteiger partial charge in [-0.3, -0.25) is 4.40 Å². The quantitative estimate of drug-likeness (QED) is 0.593. The van der Waals surface area contributed by atoms with Crippen molar-refractivity contribution in [1.29, 1.82) is 0 Å². The number of rotatable bonds is 7. The van der Waals surface area contributed by atoms with Gasteiger partial charge in [0.15, 0.2) is 11.3 Å². The molecule has 3 unspecified atom stereocenters. The van der Waals surface area contributed by atoms with Gasteiger partial charge in [0.2, 0.25) is 0 Å². The van der Waals surface area contributed by atoms with E-state index in [1.54, 1.807) is 0 Å². The number of fused-ring (bicyclic) bond motifs is 3. The molecule has 0 spiro atoms. The van der Waals surface area contributed by atoms with Crippen molar-refractivity contribution in [2.45, 2.75) is 59.3 Å². The van der Waals surface area contributed by atoms with Crippen LogP contribution in [0.5, 0.6) is 0 Å². The van der Waals surface area contributed by atoms with Crippen molar-refractivity contribution in [3.05, 3.63) is 24.3 Å². The van der Waals surface area contributed by atoms with Crippen LogP contribution in [0.4, 0.5) is 0 Å². The molecule has 8 nitrogen and oxygen atoms in total. The molecule has 0 saturated heterocycles. The van der Waals surface area contributed by atoms with Crippen molar-refractivity contribution in [1.82, 2.24) is 29.5 Å². The Kier molecular flexibility index (Phi) is 10.1. The number of H-pyrrole nitrogens is 1. The summed E-state index contributed by atoms with van der Waals surface area (Å²) in [5.41, 5.74) is 2.84. The van der Waals surface area contributed by atoms with E-state index in [9.17, 15) is 0 Å². The van der Waals surface area contributed by atoms with Gasteiger partial charge < -0.3 is 19.8 Å². The normalized spacial score (nSPS) is 20.5. The first-order valence-electron chi connectivity index (χ1n) is 11.5. The smallest absolute Gasteiger partial charge is 0.179 e. The van der Waals surface area contributed by atoms with Crippen molar-refractivity contribution >= 4 is 23.6 Å². The zero-order valence-electron chi connectivity index (χ0n) is 19.4. The second kappa shape index (κ2) is 12.5. The lowest BCUT2D eigenvalue weighted by atomic mass is 9.93. The van der Waals surface area contributed by atoms with E-state index in [1.165, 1.54) is 25.8 Å². The maximum atomic E-state index is 8.00. The summed E-state index contributed by atoms with van der Waals surface area (Å²) in [4.78, 5) is 18.2. The van der Waals surface area contributed by atoms with E-state index in [0.717, 1.165) is 48.1 Å². The third-order valence-electron chi connectivity index (χ3n) is 6.25. The average Bonchev–Trinajstić information content (AvgIpc) is 3.55. The fourth-order valence-corrected chi connectivity index (χ4v) is 4.64. The first kappa shape index (κ1) is 24.9. The Balaban J connectivity index is 0.000000513. The average molecular weight is 431 g/mol. The highest BCUT2D eigenvalue weighted by molar-refractivity contribution is 5.74. The van der Waals surface area contributed by atoms with E-state index < -0.39 is 0 Å². The first-order chi connectivity index (χ1) is 15.2. The van der Waals surface area contributed by atoms with Gasteiger partial charge in [-0.15, -0.1) is 10.2 Å². The number of hydrogen-bond donors (Lipinski definition) is 2. The third kappa shape index (κ3) is 5.68.